The molecule has 0 saturated carbocycles. The number of likely N-dealkylation sites (tertiary alicyclic amines) is 1. The predicted molar refractivity (Wildman–Crippen MR) is 151 cm³/mol. The second-order valence-electron chi connectivity index (χ2n) is 10.9. The highest BCUT2D eigenvalue weighted by Gasteiger charge is 2.36. The van der Waals surface area contributed by atoms with Gasteiger partial charge in [0, 0.05) is 37.7 Å². The minimum atomic E-state index is -0.792. The van der Waals surface area contributed by atoms with E-state index in [0.29, 0.717) is 13.2 Å². The highest BCUT2D eigenvalue weighted by molar-refractivity contribution is 5.76. The van der Waals surface area contributed by atoms with Gasteiger partial charge >= 0.3 is 5.97 Å². The Morgan fingerprint density at radius 3 is 2.74 bits per heavy atom. The molecule has 6 nitrogen and oxygen atoms in total. The lowest BCUT2D eigenvalue weighted by Crippen LogP contribution is -2.34. The summed E-state index contributed by atoms with van der Waals surface area (Å²) in [5.74, 6) is -0.792. The van der Waals surface area contributed by atoms with Gasteiger partial charge in [-0.05, 0) is 93.0 Å². The molecule has 3 atom stereocenters. The summed E-state index contributed by atoms with van der Waals surface area (Å²) in [6, 6.07) is 10.0. The van der Waals surface area contributed by atoms with Crippen LogP contribution in [0.5, 0.6) is 0 Å². The van der Waals surface area contributed by atoms with Crippen LogP contribution in [0.3, 0.4) is 0 Å². The maximum Gasteiger partial charge on any atom is 0.325 e. The zero-order valence-electron chi connectivity index (χ0n) is 23.6. The van der Waals surface area contributed by atoms with Crippen LogP contribution < -0.4 is 0 Å². The molecule has 0 aliphatic carbocycles. The fraction of sp³-hybridized carbons (Fsp3) is 0.625. The highest BCUT2D eigenvalue weighted by atomic mass is 16.5. The van der Waals surface area contributed by atoms with Crippen LogP contribution in [0.15, 0.2) is 30.3 Å². The van der Waals surface area contributed by atoms with Gasteiger partial charge in [-0.3, -0.25) is 14.7 Å². The molecule has 2 fully saturated rings. The summed E-state index contributed by atoms with van der Waals surface area (Å²) in [6.07, 6.45) is 10.2. The molecule has 4 rings (SSSR count). The summed E-state index contributed by atoms with van der Waals surface area (Å²) in [6.45, 7) is 9.28. The minimum absolute atomic E-state index is 0.0112. The molecular weight excluding hydrogens is 476 g/mol. The molecule has 2 aromatic rings. The summed E-state index contributed by atoms with van der Waals surface area (Å²) in [7, 11) is 0. The molecule has 1 aromatic heterocycles. The van der Waals surface area contributed by atoms with E-state index in [1.165, 1.54) is 11.1 Å². The van der Waals surface area contributed by atoms with E-state index in [0.717, 1.165) is 99.9 Å². The third-order valence-corrected chi connectivity index (χ3v) is 8.11. The molecule has 0 amide bonds. The molecule has 208 valence electrons. The normalized spacial score (nSPS) is 21.0. The lowest BCUT2D eigenvalue weighted by atomic mass is 9.90. The van der Waals surface area contributed by atoms with Gasteiger partial charge in [0.1, 0.15) is 6.04 Å². The first-order chi connectivity index (χ1) is 18.5. The number of nitrogens with zero attached hydrogens (tertiary/aromatic N) is 2. The van der Waals surface area contributed by atoms with Crippen molar-refractivity contribution in [1.29, 1.82) is 0 Å². The average molecular weight is 523 g/mol. The highest BCUT2D eigenvalue weighted by Crippen LogP contribution is 2.37. The van der Waals surface area contributed by atoms with Crippen molar-refractivity contribution in [1.82, 2.24) is 9.88 Å². The van der Waals surface area contributed by atoms with Crippen molar-refractivity contribution < 1.29 is 19.4 Å². The van der Waals surface area contributed by atoms with Crippen LogP contribution in [-0.2, 0) is 33.5 Å². The van der Waals surface area contributed by atoms with Gasteiger partial charge < -0.3 is 14.6 Å². The van der Waals surface area contributed by atoms with E-state index in [-0.39, 0.29) is 12.2 Å². The van der Waals surface area contributed by atoms with Gasteiger partial charge in [0.05, 0.1) is 12.2 Å². The van der Waals surface area contributed by atoms with Gasteiger partial charge in [-0.15, -0.1) is 0 Å². The Hall–Kier alpha value is -2.28. The number of aromatic nitrogens is 1. The van der Waals surface area contributed by atoms with Gasteiger partial charge in [-0.2, -0.15) is 0 Å². The van der Waals surface area contributed by atoms with Gasteiger partial charge in [0.2, 0.25) is 0 Å². The molecule has 38 heavy (non-hydrogen) atoms. The van der Waals surface area contributed by atoms with E-state index in [9.17, 15) is 9.90 Å². The fourth-order valence-corrected chi connectivity index (χ4v) is 5.94. The number of rotatable bonds is 13. The second-order valence-corrected chi connectivity index (χ2v) is 10.9. The van der Waals surface area contributed by atoms with Crippen LogP contribution in [-0.4, -0.2) is 53.4 Å². The number of carboxylic acids is 1. The van der Waals surface area contributed by atoms with Gasteiger partial charge in [-0.1, -0.05) is 44.5 Å². The van der Waals surface area contributed by atoms with Crippen LogP contribution >= 0.6 is 0 Å². The molecule has 6 heteroatoms. The Kier molecular flexibility index (Phi) is 10.7. The Labute approximate surface area is 228 Å². The van der Waals surface area contributed by atoms with Crippen LogP contribution in [0, 0.1) is 6.92 Å². The Morgan fingerprint density at radius 1 is 1.16 bits per heavy atom. The molecule has 2 aliphatic heterocycles. The van der Waals surface area contributed by atoms with Crippen molar-refractivity contribution in [2.45, 2.75) is 103 Å². The van der Waals surface area contributed by atoms with Crippen molar-refractivity contribution in [2.24, 2.45) is 0 Å². The smallest absolute Gasteiger partial charge is 0.325 e. The Morgan fingerprint density at radius 2 is 2.03 bits per heavy atom. The first kappa shape index (κ1) is 28.7. The monoisotopic (exact) mass is 522 g/mol. The van der Waals surface area contributed by atoms with Crippen molar-refractivity contribution >= 4 is 5.97 Å². The minimum Gasteiger partial charge on any atom is -0.480 e. The van der Waals surface area contributed by atoms with E-state index in [1.807, 2.05) is 6.07 Å². The van der Waals surface area contributed by atoms with E-state index in [2.05, 4.69) is 49.9 Å². The van der Waals surface area contributed by atoms with E-state index >= 15 is 0 Å². The maximum absolute atomic E-state index is 12.6. The number of benzene rings is 1. The third kappa shape index (κ3) is 7.43. The summed E-state index contributed by atoms with van der Waals surface area (Å²) in [5, 5.41) is 10.3. The van der Waals surface area contributed by atoms with Gasteiger partial charge in [0.25, 0.3) is 0 Å². The van der Waals surface area contributed by atoms with Gasteiger partial charge in [-0.25, -0.2) is 0 Å². The lowest BCUT2D eigenvalue weighted by Gasteiger charge is -2.31. The fourth-order valence-electron chi connectivity index (χ4n) is 5.94. The molecule has 3 heterocycles. The number of aliphatic carboxylic acids is 1. The maximum atomic E-state index is 12.6. The average Bonchev–Trinajstić information content (AvgIpc) is 3.38. The summed E-state index contributed by atoms with van der Waals surface area (Å²) < 4.78 is 12.3. The summed E-state index contributed by atoms with van der Waals surface area (Å²) in [4.78, 5) is 19.4. The molecule has 2 saturated heterocycles. The number of pyridine rings is 1. The molecule has 0 spiro atoms. The number of unbranched alkanes of at least 4 members (excludes halogenated alkanes) is 1. The van der Waals surface area contributed by atoms with E-state index in [1.54, 1.807) is 0 Å². The van der Waals surface area contributed by atoms with Crippen molar-refractivity contribution in [3.63, 3.8) is 0 Å². The second kappa shape index (κ2) is 14.2. The molecule has 1 unspecified atom stereocenters. The third-order valence-electron chi connectivity index (χ3n) is 8.11. The van der Waals surface area contributed by atoms with Crippen molar-refractivity contribution in [2.75, 3.05) is 26.3 Å². The zero-order chi connectivity index (χ0) is 26.9. The van der Waals surface area contributed by atoms with E-state index < -0.39 is 12.0 Å². The van der Waals surface area contributed by atoms with E-state index in [4.69, 9.17) is 14.5 Å². The SMILES string of the molecule is CCCc1ccc(CCCCO[C@@H]2CCN([C@@H](C(=O)O)c3ccc(CC)cc3C3CCCCO3)C2)nc1C. The Bertz CT molecular complexity index is 1050. The standard InChI is InChI=1S/C32H46N2O4/c1-4-10-25-14-15-26(33-23(25)3)11-6-8-19-37-27-17-18-34(22-27)31(32(35)36)28-16-13-24(5-2)21-29(28)30-12-7-9-20-38-30/h13-16,21,27,30-31H,4-12,17-20,22H2,1-3H3,(H,35,36)/t27-,30?,31-/m1/s1. The number of hydrogen-bond acceptors (Lipinski definition) is 5. The number of aryl methyl sites for hydroxylation is 4. The quantitative estimate of drug-likeness (QED) is 0.308. The molecule has 1 aromatic carbocycles. The van der Waals surface area contributed by atoms with Crippen LogP contribution in [0.4, 0.5) is 0 Å². The van der Waals surface area contributed by atoms with Crippen molar-refractivity contribution in [3.05, 3.63) is 64.0 Å². The lowest BCUT2D eigenvalue weighted by molar-refractivity contribution is -0.143. The van der Waals surface area contributed by atoms with Crippen molar-refractivity contribution in [3.8, 4) is 0 Å². The summed E-state index contributed by atoms with van der Waals surface area (Å²) >= 11 is 0. The Balaban J connectivity index is 1.31. The molecular formula is C32H46N2O4. The van der Waals surface area contributed by atoms with Gasteiger partial charge in [0.15, 0.2) is 0 Å². The largest absolute Gasteiger partial charge is 0.480 e. The van der Waals surface area contributed by atoms with Crippen LogP contribution in [0.25, 0.3) is 0 Å². The molecule has 1 N–H and O–H groups in total. The molecule has 0 bridgehead atoms. The first-order valence-corrected chi connectivity index (χ1v) is 14.8. The predicted octanol–water partition coefficient (Wildman–Crippen LogP) is 6.39. The first-order valence-electron chi connectivity index (χ1n) is 14.8. The number of ether oxygens (including phenoxy) is 2. The molecule has 0 radical (unpaired) electrons. The van der Waals surface area contributed by atoms with Crippen LogP contribution in [0.1, 0.15) is 105 Å². The zero-order valence-corrected chi connectivity index (χ0v) is 23.6. The number of carboxylic acid groups (broad SMARTS) is 1. The number of hydrogen-bond donors (Lipinski definition) is 1. The molecule has 2 aliphatic rings. The van der Waals surface area contributed by atoms with Crippen LogP contribution in [0.2, 0.25) is 0 Å². The topological polar surface area (TPSA) is 71.9 Å². The summed E-state index contributed by atoms with van der Waals surface area (Å²) in [5.41, 5.74) is 6.84. The number of carbonyl (C=O) groups is 1.